The van der Waals surface area contributed by atoms with Crippen molar-refractivity contribution in [2.75, 3.05) is 0 Å². The highest BCUT2D eigenvalue weighted by atomic mass is 14.6. The van der Waals surface area contributed by atoms with Crippen LogP contribution in [0.25, 0.3) is 99.1 Å². The van der Waals surface area contributed by atoms with Crippen molar-refractivity contribution >= 4 is 32.3 Å². The third-order valence-electron chi connectivity index (χ3n) is 14.0. The third kappa shape index (κ3) is 5.74. The molecule has 0 radical (unpaired) electrons. The summed E-state index contributed by atoms with van der Waals surface area (Å²) in [7, 11) is 0. The van der Waals surface area contributed by atoms with Crippen molar-refractivity contribution in [3.63, 3.8) is 0 Å². The van der Waals surface area contributed by atoms with Gasteiger partial charge < -0.3 is 0 Å². The minimum absolute atomic E-state index is 0.00562. The van der Waals surface area contributed by atoms with Crippen LogP contribution >= 0.6 is 0 Å². The lowest BCUT2D eigenvalue weighted by Crippen LogP contribution is -2.44. The summed E-state index contributed by atoms with van der Waals surface area (Å²) >= 11 is 0. The fourth-order valence-electron chi connectivity index (χ4n) is 11.6. The van der Waals surface area contributed by atoms with Crippen LogP contribution in [0.2, 0.25) is 0 Å². The van der Waals surface area contributed by atoms with Crippen molar-refractivity contribution in [1.82, 2.24) is 0 Å². The Morgan fingerprint density at radius 3 is 1.27 bits per heavy atom. The summed E-state index contributed by atoms with van der Waals surface area (Å²) < 4.78 is 0. The molecule has 0 saturated carbocycles. The van der Waals surface area contributed by atoms with E-state index in [1.54, 1.807) is 0 Å². The topological polar surface area (TPSA) is 0 Å². The van der Waals surface area contributed by atoms with Gasteiger partial charge in [0, 0.05) is 5.41 Å². The average molecular weight is 795 g/mol. The zero-order chi connectivity index (χ0) is 42.2. The van der Waals surface area contributed by atoms with Crippen LogP contribution in [0.15, 0.2) is 206 Å². The summed E-state index contributed by atoms with van der Waals surface area (Å²) in [6.07, 6.45) is 0. The minimum Gasteiger partial charge on any atom is -0.0622 e. The van der Waals surface area contributed by atoms with Gasteiger partial charge in [0.1, 0.15) is 0 Å². The molecular weight excluding hydrogens is 745 g/mol. The second-order valence-corrected chi connectivity index (χ2v) is 18.6. The first-order chi connectivity index (χ1) is 30.2. The smallest absolute Gasteiger partial charge is 0.0286 e. The van der Waals surface area contributed by atoms with Crippen molar-refractivity contribution in [3.05, 3.63) is 217 Å². The normalized spacial score (nSPS) is 14.7. The molecule has 62 heavy (non-hydrogen) atoms. The number of rotatable bonds is 6. The molecule has 0 spiro atoms. The zero-order valence-corrected chi connectivity index (χ0v) is 36.2. The van der Waals surface area contributed by atoms with Crippen molar-refractivity contribution in [2.45, 2.75) is 40.0 Å². The Kier molecular flexibility index (Phi) is 8.92. The minimum atomic E-state index is -0.135. The Morgan fingerprint density at radius 1 is 0.306 bits per heavy atom. The summed E-state index contributed by atoms with van der Waals surface area (Å²) in [6, 6.07) is 77.1. The lowest BCUT2D eigenvalue weighted by Gasteiger charge is -2.47. The predicted molar refractivity (Wildman–Crippen MR) is 267 cm³/mol. The molecule has 1 aliphatic rings. The molecule has 1 aliphatic carbocycles. The van der Waals surface area contributed by atoms with Gasteiger partial charge in [-0.15, -0.1) is 0 Å². The molecule has 1 unspecified atom stereocenters. The van der Waals surface area contributed by atoms with Gasteiger partial charge in [-0.25, -0.2) is 0 Å². The van der Waals surface area contributed by atoms with Crippen LogP contribution in [-0.4, -0.2) is 0 Å². The number of hydrogen-bond donors (Lipinski definition) is 0. The maximum Gasteiger partial charge on any atom is 0.0286 e. The van der Waals surface area contributed by atoms with Crippen LogP contribution in [0.1, 0.15) is 45.7 Å². The fourth-order valence-corrected chi connectivity index (χ4v) is 11.6. The summed E-state index contributed by atoms with van der Waals surface area (Å²) in [4.78, 5) is 0. The van der Waals surface area contributed by atoms with Gasteiger partial charge >= 0.3 is 0 Å². The van der Waals surface area contributed by atoms with Gasteiger partial charge in [0.2, 0.25) is 0 Å². The summed E-state index contributed by atoms with van der Waals surface area (Å²) in [5.74, 6) is 0.401. The number of benzene rings is 10. The summed E-state index contributed by atoms with van der Waals surface area (Å²) in [5, 5.41) is 7.59. The molecule has 10 aromatic carbocycles. The van der Waals surface area contributed by atoms with Crippen molar-refractivity contribution in [2.24, 2.45) is 11.3 Å². The molecule has 0 bridgehead atoms. The monoisotopic (exact) mass is 794 g/mol. The predicted octanol–water partition coefficient (Wildman–Crippen LogP) is 17.4. The Balaban J connectivity index is 1.14. The van der Waals surface area contributed by atoms with Gasteiger partial charge in [-0.05, 0) is 146 Å². The summed E-state index contributed by atoms with van der Waals surface area (Å²) in [5.41, 5.74) is 17.9. The van der Waals surface area contributed by atoms with Gasteiger partial charge in [0.05, 0.1) is 0 Å². The molecule has 1 atom stereocenters. The standard InChI is InChI=1S/C62H50/c1-40(2)62(61(3,4)5)57-31-19-18-26-50(57)51-33-32-43(39-58(51)62)59-52-27-14-16-29-54(52)60(55-30-17-15-28-53(55)59)56-35-34-47(48-24-12-13-25-49(48)56)46-37-44(41-20-8-6-9-21-41)36-45(38-46)42-22-10-7-11-23-42/h6-40H,1-5H3. The van der Waals surface area contributed by atoms with Crippen molar-refractivity contribution in [1.29, 1.82) is 0 Å². The van der Waals surface area contributed by atoms with E-state index in [-0.39, 0.29) is 10.8 Å². The van der Waals surface area contributed by atoms with Crippen molar-refractivity contribution in [3.8, 4) is 66.8 Å². The molecule has 0 fully saturated rings. The molecule has 0 amide bonds. The fraction of sp³-hybridized carbons (Fsp3) is 0.129. The molecular formula is C62H50. The first-order valence-corrected chi connectivity index (χ1v) is 22.2. The van der Waals surface area contributed by atoms with E-state index in [1.165, 1.54) is 110 Å². The molecule has 0 aliphatic heterocycles. The lowest BCUT2D eigenvalue weighted by molar-refractivity contribution is 0.171. The average Bonchev–Trinajstić information content (AvgIpc) is 3.62. The molecule has 0 nitrogen and oxygen atoms in total. The molecule has 0 N–H and O–H groups in total. The Bertz CT molecular complexity index is 3230. The van der Waals surface area contributed by atoms with Crippen LogP contribution in [0.3, 0.4) is 0 Å². The molecule has 0 saturated heterocycles. The van der Waals surface area contributed by atoms with Crippen LogP contribution in [-0.2, 0) is 5.41 Å². The van der Waals surface area contributed by atoms with Gasteiger partial charge in [0.25, 0.3) is 0 Å². The Labute approximate surface area is 366 Å². The second kappa shape index (κ2) is 14.6. The molecule has 0 heteroatoms. The van der Waals surface area contributed by atoms with Gasteiger partial charge in [0.15, 0.2) is 0 Å². The van der Waals surface area contributed by atoms with Gasteiger partial charge in [-0.3, -0.25) is 0 Å². The second-order valence-electron chi connectivity index (χ2n) is 18.6. The highest BCUT2D eigenvalue weighted by Gasteiger charge is 2.53. The van der Waals surface area contributed by atoms with Crippen LogP contribution in [0, 0.1) is 11.3 Å². The molecule has 0 heterocycles. The SMILES string of the molecule is CC(C)C1(C(C)(C)C)c2ccccc2-c2ccc(-c3c4ccccc4c(-c4ccc(-c5cc(-c6ccccc6)cc(-c6ccccc6)c5)c5ccccc45)c4ccccc34)cc21. The van der Waals surface area contributed by atoms with E-state index in [0.29, 0.717) is 5.92 Å². The van der Waals surface area contributed by atoms with Crippen LogP contribution in [0.5, 0.6) is 0 Å². The Hall–Kier alpha value is -7.02. The van der Waals surface area contributed by atoms with E-state index in [1.807, 2.05) is 0 Å². The maximum absolute atomic E-state index is 2.56. The molecule has 11 rings (SSSR count). The highest BCUT2D eigenvalue weighted by Crippen LogP contribution is 2.61. The van der Waals surface area contributed by atoms with Gasteiger partial charge in [-0.2, -0.15) is 0 Å². The summed E-state index contributed by atoms with van der Waals surface area (Å²) in [6.45, 7) is 12.1. The molecule has 298 valence electrons. The molecule has 10 aromatic rings. The Morgan fingerprint density at radius 2 is 0.726 bits per heavy atom. The van der Waals surface area contributed by atoms with E-state index >= 15 is 0 Å². The van der Waals surface area contributed by atoms with Crippen molar-refractivity contribution < 1.29 is 0 Å². The first-order valence-electron chi connectivity index (χ1n) is 22.2. The third-order valence-corrected chi connectivity index (χ3v) is 14.0. The molecule has 0 aromatic heterocycles. The quantitative estimate of drug-likeness (QED) is 0.147. The zero-order valence-electron chi connectivity index (χ0n) is 36.2. The first kappa shape index (κ1) is 37.9. The highest BCUT2D eigenvalue weighted by molar-refractivity contribution is 6.24. The lowest BCUT2D eigenvalue weighted by atomic mass is 9.55. The van der Waals surface area contributed by atoms with E-state index in [4.69, 9.17) is 0 Å². The number of fused-ring (bicyclic) bond motifs is 6. The largest absolute Gasteiger partial charge is 0.0622 e. The van der Waals surface area contributed by atoms with E-state index in [9.17, 15) is 0 Å². The maximum atomic E-state index is 2.56. The van der Waals surface area contributed by atoms with E-state index in [0.717, 1.165) is 0 Å². The van der Waals surface area contributed by atoms with Crippen LogP contribution in [0.4, 0.5) is 0 Å². The van der Waals surface area contributed by atoms with E-state index < -0.39 is 0 Å². The van der Waals surface area contributed by atoms with Gasteiger partial charge in [-0.1, -0.05) is 217 Å². The van der Waals surface area contributed by atoms with E-state index in [2.05, 4.69) is 241 Å². The number of hydrogen-bond acceptors (Lipinski definition) is 0. The van der Waals surface area contributed by atoms with Crippen LogP contribution < -0.4 is 0 Å².